The van der Waals surface area contributed by atoms with Gasteiger partial charge in [0.05, 0.1) is 17.3 Å². The molecule has 2 aromatic heterocycles. The molecule has 2 fully saturated rings. The number of benzene rings is 1. The number of hydrogen-bond donors (Lipinski definition) is 1. The zero-order chi connectivity index (χ0) is 29.0. The summed E-state index contributed by atoms with van der Waals surface area (Å²) in [5.41, 5.74) is 4.43. The highest BCUT2D eigenvalue weighted by Crippen LogP contribution is 2.47. The van der Waals surface area contributed by atoms with Crippen LogP contribution in [-0.2, 0) is 16.8 Å². The monoisotopic (exact) mass is 561 g/mol. The number of carbonyl (C=O) groups excluding carboxylic acids is 2. The number of likely N-dealkylation sites (N-methyl/N-ethyl adjacent to an activating group) is 1. The molecule has 1 saturated carbocycles. The number of nitrogens with one attached hydrogen (secondary N) is 1. The number of amides is 2. The van der Waals surface area contributed by atoms with Gasteiger partial charge in [-0.25, -0.2) is 4.39 Å². The molecule has 1 aliphatic heterocycles. The number of piperazine rings is 1. The normalized spacial score (nSPS) is 16.4. The lowest BCUT2D eigenvalue weighted by molar-refractivity contribution is -0.126. The van der Waals surface area contributed by atoms with E-state index in [1.165, 1.54) is 0 Å². The minimum Gasteiger partial charge on any atom is -0.366 e. The molecule has 1 aromatic carbocycles. The second kappa shape index (κ2) is 12.2. The fourth-order valence-corrected chi connectivity index (χ4v) is 4.93. The van der Waals surface area contributed by atoms with E-state index in [0.717, 1.165) is 47.6 Å². The van der Waals surface area contributed by atoms with E-state index in [0.29, 0.717) is 32.5 Å². The van der Waals surface area contributed by atoms with Crippen LogP contribution >= 0.6 is 0 Å². The number of aryl methyl sites for hydroxylation is 1. The van der Waals surface area contributed by atoms with Gasteiger partial charge in [-0.3, -0.25) is 14.6 Å². The molecule has 10 nitrogen and oxygen atoms in total. The Bertz CT molecular complexity index is 1420. The molecule has 3 aromatic rings. The third-order valence-electron chi connectivity index (χ3n) is 7.76. The molecular formula is C30H36FN7O3. The molecule has 0 unspecified atom stereocenters. The van der Waals surface area contributed by atoms with E-state index < -0.39 is 18.0 Å². The van der Waals surface area contributed by atoms with Gasteiger partial charge in [0, 0.05) is 57.1 Å². The van der Waals surface area contributed by atoms with Gasteiger partial charge in [0.25, 0.3) is 0 Å². The molecule has 0 radical (unpaired) electrons. The first-order valence-corrected chi connectivity index (χ1v) is 13.9. The van der Waals surface area contributed by atoms with Crippen molar-refractivity contribution in [1.82, 2.24) is 30.2 Å². The summed E-state index contributed by atoms with van der Waals surface area (Å²) in [6.07, 6.45) is 8.54. The Balaban J connectivity index is 1.21. The summed E-state index contributed by atoms with van der Waals surface area (Å²) in [5, 5.41) is 6.64. The highest BCUT2D eigenvalue weighted by molar-refractivity contribution is 5.89. The van der Waals surface area contributed by atoms with Crippen LogP contribution in [0.3, 0.4) is 0 Å². The third-order valence-corrected chi connectivity index (χ3v) is 7.76. The van der Waals surface area contributed by atoms with Gasteiger partial charge >= 0.3 is 11.8 Å². The number of pyridine rings is 1. The van der Waals surface area contributed by atoms with Crippen LogP contribution in [0.15, 0.2) is 53.3 Å². The van der Waals surface area contributed by atoms with E-state index in [1.54, 1.807) is 12.3 Å². The van der Waals surface area contributed by atoms with Gasteiger partial charge in [-0.05, 0) is 56.6 Å². The molecule has 216 valence electrons. The van der Waals surface area contributed by atoms with E-state index in [1.807, 2.05) is 61.3 Å². The predicted octanol–water partition coefficient (Wildman–Crippen LogP) is 3.14. The van der Waals surface area contributed by atoms with Crippen LogP contribution in [-0.4, -0.2) is 90.2 Å². The molecular weight excluding hydrogens is 525 g/mol. The van der Waals surface area contributed by atoms with Gasteiger partial charge in [0.15, 0.2) is 5.82 Å². The third kappa shape index (κ3) is 6.45. The zero-order valence-corrected chi connectivity index (χ0v) is 23.8. The van der Waals surface area contributed by atoms with Gasteiger partial charge in [-0.15, -0.1) is 0 Å². The summed E-state index contributed by atoms with van der Waals surface area (Å²) >= 11 is 0. The standard InChI is InChI=1S/C30H36FN7O3/c1-21-17-22(6-7-23(21)18-33-27(40)28-34-29(35-41-28)30(20-31)9-10-30)24-8-11-32-19-25(24)37-13-15-38(16-14-37)26(39)5-4-12-36(2)3/h4-8,11,17,19H,9-10,12-16,18,20H2,1-3H3,(H,33,40)/b5-4+. The van der Waals surface area contributed by atoms with Crippen LogP contribution in [0.4, 0.5) is 10.1 Å². The number of carbonyl (C=O) groups is 2. The molecule has 2 aliphatic rings. The fraction of sp³-hybridized carbons (Fsp3) is 0.433. The van der Waals surface area contributed by atoms with Gasteiger partial charge < -0.3 is 24.5 Å². The molecule has 0 bridgehead atoms. The maximum atomic E-state index is 13.3. The largest absolute Gasteiger partial charge is 0.366 e. The van der Waals surface area contributed by atoms with Crippen molar-refractivity contribution in [1.29, 1.82) is 0 Å². The lowest BCUT2D eigenvalue weighted by atomic mass is 9.99. The molecule has 11 heteroatoms. The van der Waals surface area contributed by atoms with Gasteiger partial charge in [0.1, 0.15) is 6.67 Å². The average molecular weight is 562 g/mol. The van der Waals surface area contributed by atoms with E-state index in [9.17, 15) is 14.0 Å². The highest BCUT2D eigenvalue weighted by Gasteiger charge is 2.49. The van der Waals surface area contributed by atoms with Crippen LogP contribution in [0.25, 0.3) is 11.1 Å². The van der Waals surface area contributed by atoms with Gasteiger partial charge in [-0.1, -0.05) is 29.4 Å². The first kappa shape index (κ1) is 28.4. The molecule has 1 aliphatic carbocycles. The second-order valence-electron chi connectivity index (χ2n) is 11.0. The zero-order valence-electron chi connectivity index (χ0n) is 23.8. The van der Waals surface area contributed by atoms with Crippen molar-refractivity contribution in [2.45, 2.75) is 31.7 Å². The van der Waals surface area contributed by atoms with Crippen molar-refractivity contribution in [3.63, 3.8) is 0 Å². The lowest BCUT2D eigenvalue weighted by Crippen LogP contribution is -2.48. The Labute approximate surface area is 239 Å². The quantitative estimate of drug-likeness (QED) is 0.376. The van der Waals surface area contributed by atoms with Crippen molar-refractivity contribution < 1.29 is 18.5 Å². The summed E-state index contributed by atoms with van der Waals surface area (Å²) in [4.78, 5) is 39.8. The maximum Gasteiger partial charge on any atom is 0.315 e. The average Bonchev–Trinajstić information content (AvgIpc) is 3.63. The smallest absolute Gasteiger partial charge is 0.315 e. The minimum absolute atomic E-state index is 0.0438. The van der Waals surface area contributed by atoms with E-state index >= 15 is 0 Å². The molecule has 1 saturated heterocycles. The molecule has 1 N–H and O–H groups in total. The number of aromatic nitrogens is 3. The van der Waals surface area contributed by atoms with Crippen molar-refractivity contribution in [3.05, 3.63) is 71.7 Å². The number of rotatable bonds is 10. The molecule has 5 rings (SSSR count). The van der Waals surface area contributed by atoms with Crippen molar-refractivity contribution in [2.24, 2.45) is 0 Å². The second-order valence-corrected chi connectivity index (χ2v) is 11.0. The van der Waals surface area contributed by atoms with Crippen LogP contribution in [0.5, 0.6) is 0 Å². The summed E-state index contributed by atoms with van der Waals surface area (Å²) in [7, 11) is 3.94. The lowest BCUT2D eigenvalue weighted by Gasteiger charge is -2.36. The summed E-state index contributed by atoms with van der Waals surface area (Å²) in [5.74, 6) is -0.322. The Morgan fingerprint density at radius 1 is 1.17 bits per heavy atom. The Kier molecular flexibility index (Phi) is 8.44. The molecule has 3 heterocycles. The summed E-state index contributed by atoms with van der Waals surface area (Å²) < 4.78 is 18.4. The van der Waals surface area contributed by atoms with Crippen LogP contribution < -0.4 is 10.2 Å². The van der Waals surface area contributed by atoms with E-state index in [4.69, 9.17) is 4.52 Å². The highest BCUT2D eigenvalue weighted by atomic mass is 19.1. The first-order valence-electron chi connectivity index (χ1n) is 13.9. The number of alkyl halides is 1. The van der Waals surface area contributed by atoms with E-state index in [2.05, 4.69) is 31.4 Å². The Morgan fingerprint density at radius 3 is 2.63 bits per heavy atom. The molecule has 41 heavy (non-hydrogen) atoms. The van der Waals surface area contributed by atoms with Crippen LogP contribution in [0.1, 0.15) is 40.5 Å². The topological polar surface area (TPSA) is 108 Å². The van der Waals surface area contributed by atoms with Crippen molar-refractivity contribution in [3.8, 4) is 11.1 Å². The van der Waals surface area contributed by atoms with E-state index in [-0.39, 0.29) is 17.6 Å². The first-order chi connectivity index (χ1) is 19.8. The SMILES string of the molecule is Cc1cc(-c2ccncc2N2CCN(C(=O)/C=C/CN(C)C)CC2)ccc1CNC(=O)c1nc(C2(CF)CC2)no1. The Morgan fingerprint density at radius 2 is 1.95 bits per heavy atom. The van der Waals surface area contributed by atoms with Crippen molar-refractivity contribution in [2.75, 3.05) is 58.4 Å². The fourth-order valence-electron chi connectivity index (χ4n) is 4.93. The molecule has 2 amide bonds. The van der Waals surface area contributed by atoms with Crippen molar-refractivity contribution >= 4 is 17.5 Å². The summed E-state index contributed by atoms with van der Waals surface area (Å²) in [6.45, 7) is 5.21. The number of nitrogens with zero attached hydrogens (tertiary/aromatic N) is 6. The maximum absolute atomic E-state index is 13.3. The summed E-state index contributed by atoms with van der Waals surface area (Å²) in [6, 6.07) is 8.13. The van der Waals surface area contributed by atoms with Gasteiger partial charge in [-0.2, -0.15) is 4.98 Å². The Hall–Kier alpha value is -4.12. The molecule has 0 spiro atoms. The number of halogens is 1. The van der Waals surface area contributed by atoms with Crippen LogP contribution in [0, 0.1) is 6.92 Å². The number of hydrogen-bond acceptors (Lipinski definition) is 8. The van der Waals surface area contributed by atoms with Gasteiger partial charge in [0.2, 0.25) is 5.91 Å². The van der Waals surface area contributed by atoms with Crippen LogP contribution in [0.2, 0.25) is 0 Å². The molecule has 0 atom stereocenters. The minimum atomic E-state index is -0.672. The predicted molar refractivity (Wildman–Crippen MR) is 153 cm³/mol. The number of anilines is 1.